The number of anilines is 1. The lowest BCUT2D eigenvalue weighted by Gasteiger charge is -2.06. The van der Waals surface area contributed by atoms with Crippen molar-refractivity contribution < 1.29 is 4.39 Å². The fraction of sp³-hybridized carbons (Fsp3) is 0.0769. The fourth-order valence-corrected chi connectivity index (χ4v) is 1.95. The van der Waals surface area contributed by atoms with Crippen molar-refractivity contribution in [3.63, 3.8) is 0 Å². The van der Waals surface area contributed by atoms with Crippen LogP contribution in [0.3, 0.4) is 0 Å². The van der Waals surface area contributed by atoms with Gasteiger partial charge in [-0.1, -0.05) is 6.07 Å². The van der Waals surface area contributed by atoms with Crippen molar-refractivity contribution in [3.05, 3.63) is 48.9 Å². The summed E-state index contributed by atoms with van der Waals surface area (Å²) in [6.45, 7) is 0. The van der Waals surface area contributed by atoms with E-state index >= 15 is 0 Å². The molecule has 2 aromatic heterocycles. The molecule has 0 aliphatic rings. The molecule has 3 rings (SSSR count). The summed E-state index contributed by atoms with van der Waals surface area (Å²) in [5.41, 5.74) is 7.75. The number of nitrogen functional groups attached to an aromatic ring is 1. The number of imidazole rings is 1. The van der Waals surface area contributed by atoms with E-state index in [0.29, 0.717) is 17.1 Å². The number of hydrogen-bond acceptors (Lipinski definition) is 3. The van der Waals surface area contributed by atoms with Crippen molar-refractivity contribution in [2.24, 2.45) is 7.05 Å². The third kappa shape index (κ3) is 1.87. The van der Waals surface area contributed by atoms with E-state index in [-0.39, 0.29) is 5.82 Å². The first kappa shape index (κ1) is 11.5. The van der Waals surface area contributed by atoms with Crippen LogP contribution in [0.15, 0.2) is 43.1 Å². The molecule has 19 heavy (non-hydrogen) atoms. The second-order valence-corrected chi connectivity index (χ2v) is 4.20. The molecule has 0 saturated heterocycles. The molecule has 6 heteroatoms. The fourth-order valence-electron chi connectivity index (χ4n) is 1.95. The van der Waals surface area contributed by atoms with E-state index in [1.165, 1.54) is 6.07 Å². The Bertz CT molecular complexity index is 715. The van der Waals surface area contributed by atoms with Gasteiger partial charge in [-0.2, -0.15) is 5.10 Å². The van der Waals surface area contributed by atoms with Gasteiger partial charge < -0.3 is 10.3 Å². The molecule has 0 radical (unpaired) electrons. The smallest absolute Gasteiger partial charge is 0.147 e. The van der Waals surface area contributed by atoms with E-state index in [0.717, 1.165) is 5.56 Å². The zero-order chi connectivity index (χ0) is 13.4. The summed E-state index contributed by atoms with van der Waals surface area (Å²) in [5, 5.41) is 4.05. The number of aryl methyl sites for hydroxylation is 1. The summed E-state index contributed by atoms with van der Waals surface area (Å²) in [6.07, 6.45) is 6.47. The number of rotatable bonds is 2. The molecule has 0 bridgehead atoms. The van der Waals surface area contributed by atoms with Crippen LogP contribution in [-0.2, 0) is 7.05 Å². The largest absolute Gasteiger partial charge is 0.383 e. The van der Waals surface area contributed by atoms with Crippen molar-refractivity contribution in [2.45, 2.75) is 0 Å². The number of hydrogen-bond donors (Lipinski definition) is 1. The third-order valence-corrected chi connectivity index (χ3v) is 3.03. The molecule has 3 aromatic rings. The van der Waals surface area contributed by atoms with Gasteiger partial charge in [-0.25, -0.2) is 9.37 Å². The molecular formula is C13H12FN5. The lowest BCUT2D eigenvalue weighted by Crippen LogP contribution is -1.99. The van der Waals surface area contributed by atoms with Gasteiger partial charge in [0.15, 0.2) is 0 Å². The van der Waals surface area contributed by atoms with Gasteiger partial charge in [0.1, 0.15) is 11.6 Å². The Balaban J connectivity index is 2.07. The lowest BCUT2D eigenvalue weighted by atomic mass is 10.1. The summed E-state index contributed by atoms with van der Waals surface area (Å²) < 4.78 is 17.3. The molecule has 2 N–H and O–H groups in total. The second-order valence-electron chi connectivity index (χ2n) is 4.20. The van der Waals surface area contributed by atoms with E-state index < -0.39 is 0 Å². The van der Waals surface area contributed by atoms with Crippen LogP contribution in [0.4, 0.5) is 10.2 Å². The van der Waals surface area contributed by atoms with Crippen molar-refractivity contribution in [1.29, 1.82) is 0 Å². The zero-order valence-electron chi connectivity index (χ0n) is 10.3. The Morgan fingerprint density at radius 3 is 2.74 bits per heavy atom. The van der Waals surface area contributed by atoms with Crippen LogP contribution in [0.1, 0.15) is 0 Å². The highest BCUT2D eigenvalue weighted by Crippen LogP contribution is 2.27. The number of nitrogens with zero attached hydrogens (tertiary/aromatic N) is 4. The van der Waals surface area contributed by atoms with Crippen molar-refractivity contribution in [1.82, 2.24) is 19.3 Å². The van der Waals surface area contributed by atoms with Gasteiger partial charge in [0.25, 0.3) is 0 Å². The van der Waals surface area contributed by atoms with Gasteiger partial charge in [0.05, 0.1) is 18.2 Å². The molecule has 0 amide bonds. The molecule has 0 spiro atoms. The van der Waals surface area contributed by atoms with Crippen LogP contribution in [0.25, 0.3) is 16.8 Å². The van der Waals surface area contributed by atoms with Gasteiger partial charge in [-0.3, -0.25) is 4.68 Å². The highest BCUT2D eigenvalue weighted by Gasteiger charge is 2.11. The average Bonchev–Trinajstić information content (AvgIpc) is 3.01. The van der Waals surface area contributed by atoms with Crippen LogP contribution in [0.5, 0.6) is 0 Å². The Morgan fingerprint density at radius 1 is 1.32 bits per heavy atom. The van der Waals surface area contributed by atoms with Crippen LogP contribution in [0, 0.1) is 5.82 Å². The van der Waals surface area contributed by atoms with Crippen LogP contribution in [0.2, 0.25) is 0 Å². The first-order chi connectivity index (χ1) is 9.16. The number of halogens is 1. The number of benzene rings is 1. The molecule has 0 atom stereocenters. The van der Waals surface area contributed by atoms with Crippen LogP contribution >= 0.6 is 0 Å². The highest BCUT2D eigenvalue weighted by molar-refractivity contribution is 5.74. The maximum atomic E-state index is 14.1. The van der Waals surface area contributed by atoms with Gasteiger partial charge in [-0.15, -0.1) is 0 Å². The van der Waals surface area contributed by atoms with Crippen molar-refractivity contribution in [3.8, 4) is 16.8 Å². The van der Waals surface area contributed by atoms with Gasteiger partial charge >= 0.3 is 0 Å². The summed E-state index contributed by atoms with van der Waals surface area (Å²) in [5.74, 6) is 0.175. The summed E-state index contributed by atoms with van der Waals surface area (Å²) in [4.78, 5) is 3.90. The van der Waals surface area contributed by atoms with E-state index in [9.17, 15) is 4.39 Å². The predicted molar refractivity (Wildman–Crippen MR) is 70.1 cm³/mol. The lowest BCUT2D eigenvalue weighted by molar-refractivity contribution is 0.618. The minimum atomic E-state index is -0.334. The summed E-state index contributed by atoms with van der Waals surface area (Å²) in [6, 6.07) is 4.95. The van der Waals surface area contributed by atoms with Gasteiger partial charge in [0.2, 0.25) is 0 Å². The third-order valence-electron chi connectivity index (χ3n) is 3.03. The first-order valence-electron chi connectivity index (χ1n) is 5.72. The quantitative estimate of drug-likeness (QED) is 0.763. The summed E-state index contributed by atoms with van der Waals surface area (Å²) >= 11 is 0. The van der Waals surface area contributed by atoms with Gasteiger partial charge in [-0.05, 0) is 17.7 Å². The highest BCUT2D eigenvalue weighted by atomic mass is 19.1. The maximum absolute atomic E-state index is 14.1. The standard InChI is InChI=1S/C13H12FN5/c1-18-13(15)10(7-17-18)9-2-3-12(11(14)6-9)19-5-4-16-8-19/h2-8H,15H2,1H3. The molecular weight excluding hydrogens is 245 g/mol. The molecule has 0 fully saturated rings. The molecule has 0 aliphatic heterocycles. The Labute approximate surface area is 109 Å². The Kier molecular flexibility index (Phi) is 2.56. The van der Waals surface area contributed by atoms with E-state index in [2.05, 4.69) is 10.1 Å². The number of nitrogens with two attached hydrogens (primary N) is 1. The summed E-state index contributed by atoms with van der Waals surface area (Å²) in [7, 11) is 1.75. The van der Waals surface area contributed by atoms with Crippen LogP contribution < -0.4 is 5.73 Å². The van der Waals surface area contributed by atoms with Gasteiger partial charge in [0, 0.05) is 25.0 Å². The molecule has 1 aromatic carbocycles. The number of aromatic nitrogens is 4. The minimum Gasteiger partial charge on any atom is -0.383 e. The Morgan fingerprint density at radius 2 is 2.16 bits per heavy atom. The zero-order valence-corrected chi connectivity index (χ0v) is 10.3. The molecule has 5 nitrogen and oxygen atoms in total. The second kappa shape index (κ2) is 4.24. The van der Waals surface area contributed by atoms with E-state index in [1.54, 1.807) is 47.3 Å². The van der Waals surface area contributed by atoms with Crippen LogP contribution in [-0.4, -0.2) is 19.3 Å². The topological polar surface area (TPSA) is 61.7 Å². The average molecular weight is 257 g/mol. The molecule has 0 saturated carbocycles. The SMILES string of the molecule is Cn1ncc(-c2ccc(-n3ccnc3)c(F)c2)c1N. The van der Waals surface area contributed by atoms with Crippen molar-refractivity contribution >= 4 is 5.82 Å². The monoisotopic (exact) mass is 257 g/mol. The van der Waals surface area contributed by atoms with Crippen molar-refractivity contribution in [2.75, 3.05) is 5.73 Å². The predicted octanol–water partition coefficient (Wildman–Crippen LogP) is 1.99. The minimum absolute atomic E-state index is 0.334. The molecule has 0 unspecified atom stereocenters. The normalized spacial score (nSPS) is 10.8. The maximum Gasteiger partial charge on any atom is 0.147 e. The molecule has 96 valence electrons. The van der Waals surface area contributed by atoms with E-state index in [4.69, 9.17) is 5.73 Å². The van der Waals surface area contributed by atoms with E-state index in [1.807, 2.05) is 6.07 Å². The molecule has 2 heterocycles. The Hall–Kier alpha value is -2.63. The first-order valence-corrected chi connectivity index (χ1v) is 5.72. The molecule has 0 aliphatic carbocycles.